The SMILES string of the molecule is CN(C(=O)c1ccc(Cl)cc1F)C(C)(C)C(=O)O. The van der Waals surface area contributed by atoms with Gasteiger partial charge in [0.2, 0.25) is 0 Å². The average Bonchev–Trinajstić information content (AvgIpc) is 2.26. The van der Waals surface area contributed by atoms with Gasteiger partial charge in [-0.05, 0) is 32.0 Å². The van der Waals surface area contributed by atoms with E-state index in [9.17, 15) is 14.0 Å². The monoisotopic (exact) mass is 273 g/mol. The molecule has 1 aromatic carbocycles. The van der Waals surface area contributed by atoms with Crippen molar-refractivity contribution in [2.45, 2.75) is 19.4 Å². The molecule has 0 aliphatic heterocycles. The Bertz CT molecular complexity index is 502. The fourth-order valence-corrected chi connectivity index (χ4v) is 1.40. The topological polar surface area (TPSA) is 57.6 Å². The fraction of sp³-hybridized carbons (Fsp3) is 0.333. The Morgan fingerprint density at radius 3 is 2.39 bits per heavy atom. The predicted octanol–water partition coefficient (Wildman–Crippen LogP) is 2.41. The fourth-order valence-electron chi connectivity index (χ4n) is 1.24. The first-order valence-electron chi connectivity index (χ1n) is 5.14. The lowest BCUT2D eigenvalue weighted by Gasteiger charge is -2.31. The van der Waals surface area contributed by atoms with Crippen molar-refractivity contribution in [3.8, 4) is 0 Å². The van der Waals surface area contributed by atoms with Crippen LogP contribution < -0.4 is 0 Å². The summed E-state index contributed by atoms with van der Waals surface area (Å²) in [5.41, 5.74) is -1.64. The van der Waals surface area contributed by atoms with Gasteiger partial charge in [0.15, 0.2) is 0 Å². The Labute approximate surface area is 109 Å². The minimum atomic E-state index is -1.43. The van der Waals surface area contributed by atoms with E-state index in [2.05, 4.69) is 0 Å². The van der Waals surface area contributed by atoms with Gasteiger partial charge in [0.1, 0.15) is 11.4 Å². The molecule has 1 amide bonds. The van der Waals surface area contributed by atoms with Crippen LogP contribution in [-0.4, -0.2) is 34.5 Å². The minimum absolute atomic E-state index is 0.171. The quantitative estimate of drug-likeness (QED) is 0.920. The van der Waals surface area contributed by atoms with Crippen molar-refractivity contribution in [1.82, 2.24) is 4.90 Å². The normalized spacial score (nSPS) is 11.2. The largest absolute Gasteiger partial charge is 0.480 e. The average molecular weight is 274 g/mol. The second-order valence-corrected chi connectivity index (χ2v) is 4.79. The Morgan fingerprint density at radius 2 is 1.94 bits per heavy atom. The van der Waals surface area contributed by atoms with E-state index in [0.717, 1.165) is 11.0 Å². The zero-order valence-electron chi connectivity index (χ0n) is 10.2. The van der Waals surface area contributed by atoms with Crippen LogP contribution >= 0.6 is 11.6 Å². The third kappa shape index (κ3) is 2.61. The van der Waals surface area contributed by atoms with E-state index in [-0.39, 0.29) is 10.6 Å². The van der Waals surface area contributed by atoms with E-state index in [1.54, 1.807) is 0 Å². The highest BCUT2D eigenvalue weighted by molar-refractivity contribution is 6.30. The van der Waals surface area contributed by atoms with E-state index in [1.165, 1.54) is 33.0 Å². The van der Waals surface area contributed by atoms with E-state index >= 15 is 0 Å². The van der Waals surface area contributed by atoms with Crippen molar-refractivity contribution in [3.63, 3.8) is 0 Å². The summed E-state index contributed by atoms with van der Waals surface area (Å²) in [6.07, 6.45) is 0. The van der Waals surface area contributed by atoms with Crippen LogP contribution in [0.4, 0.5) is 4.39 Å². The van der Waals surface area contributed by atoms with Crippen molar-refractivity contribution >= 4 is 23.5 Å². The molecular weight excluding hydrogens is 261 g/mol. The van der Waals surface area contributed by atoms with Crippen molar-refractivity contribution in [3.05, 3.63) is 34.6 Å². The Morgan fingerprint density at radius 1 is 1.39 bits per heavy atom. The number of carbonyl (C=O) groups excluding carboxylic acids is 1. The molecule has 0 fully saturated rings. The lowest BCUT2D eigenvalue weighted by Crippen LogP contribution is -2.50. The molecule has 0 aliphatic rings. The van der Waals surface area contributed by atoms with Crippen LogP contribution in [0, 0.1) is 5.82 Å². The van der Waals surface area contributed by atoms with Gasteiger partial charge < -0.3 is 10.0 Å². The Kier molecular flexibility index (Phi) is 3.96. The maximum atomic E-state index is 13.6. The van der Waals surface area contributed by atoms with E-state index < -0.39 is 23.2 Å². The van der Waals surface area contributed by atoms with Gasteiger partial charge in [-0.15, -0.1) is 0 Å². The minimum Gasteiger partial charge on any atom is -0.480 e. The summed E-state index contributed by atoms with van der Waals surface area (Å²) in [6.45, 7) is 2.72. The van der Waals surface area contributed by atoms with Gasteiger partial charge in [0.25, 0.3) is 5.91 Å². The van der Waals surface area contributed by atoms with Crippen LogP contribution in [0.5, 0.6) is 0 Å². The number of aliphatic carboxylic acids is 1. The van der Waals surface area contributed by atoms with Crippen LogP contribution in [0.3, 0.4) is 0 Å². The summed E-state index contributed by atoms with van der Waals surface area (Å²) in [6, 6.07) is 3.62. The number of halogens is 2. The predicted molar refractivity (Wildman–Crippen MR) is 65.2 cm³/mol. The molecule has 0 saturated heterocycles. The van der Waals surface area contributed by atoms with Crippen molar-refractivity contribution in [1.29, 1.82) is 0 Å². The van der Waals surface area contributed by atoms with Crippen molar-refractivity contribution < 1.29 is 19.1 Å². The summed E-state index contributed by atoms with van der Waals surface area (Å²) in [4.78, 5) is 24.0. The van der Waals surface area contributed by atoms with Crippen LogP contribution in [0.2, 0.25) is 5.02 Å². The van der Waals surface area contributed by atoms with Gasteiger partial charge in [-0.2, -0.15) is 0 Å². The first-order valence-corrected chi connectivity index (χ1v) is 5.52. The number of likely N-dealkylation sites (N-methyl/N-ethyl adjacent to an activating group) is 1. The third-order valence-electron chi connectivity index (χ3n) is 2.83. The van der Waals surface area contributed by atoms with Gasteiger partial charge >= 0.3 is 5.97 Å². The van der Waals surface area contributed by atoms with Crippen molar-refractivity contribution in [2.24, 2.45) is 0 Å². The molecule has 1 rings (SSSR count). The van der Waals surface area contributed by atoms with Gasteiger partial charge in [0.05, 0.1) is 5.56 Å². The lowest BCUT2D eigenvalue weighted by molar-refractivity contribution is -0.147. The first-order chi connectivity index (χ1) is 8.17. The van der Waals surface area contributed by atoms with Gasteiger partial charge in [-0.25, -0.2) is 9.18 Å². The van der Waals surface area contributed by atoms with E-state index in [4.69, 9.17) is 16.7 Å². The molecule has 0 spiro atoms. The Balaban J connectivity index is 3.11. The first kappa shape index (κ1) is 14.4. The number of carbonyl (C=O) groups is 2. The van der Waals surface area contributed by atoms with Gasteiger partial charge in [-0.3, -0.25) is 4.79 Å². The van der Waals surface area contributed by atoms with Crippen LogP contribution in [0.15, 0.2) is 18.2 Å². The maximum Gasteiger partial charge on any atom is 0.329 e. The highest BCUT2D eigenvalue weighted by Gasteiger charge is 2.36. The summed E-state index contributed by atoms with van der Waals surface area (Å²) >= 11 is 5.58. The molecule has 98 valence electrons. The highest BCUT2D eigenvalue weighted by atomic mass is 35.5. The molecule has 0 radical (unpaired) electrons. The van der Waals surface area contributed by atoms with E-state index in [1.807, 2.05) is 0 Å². The highest BCUT2D eigenvalue weighted by Crippen LogP contribution is 2.20. The molecule has 0 bridgehead atoms. The Hall–Kier alpha value is -1.62. The molecule has 18 heavy (non-hydrogen) atoms. The molecule has 1 aromatic rings. The molecule has 0 aromatic heterocycles. The molecule has 6 heteroatoms. The summed E-state index contributed by atoms with van der Waals surface area (Å²) in [5, 5.41) is 9.18. The number of nitrogens with zero attached hydrogens (tertiary/aromatic N) is 1. The van der Waals surface area contributed by atoms with Gasteiger partial charge in [0, 0.05) is 12.1 Å². The summed E-state index contributed by atoms with van der Waals surface area (Å²) in [5.74, 6) is -2.66. The van der Waals surface area contributed by atoms with Crippen LogP contribution in [0.25, 0.3) is 0 Å². The lowest BCUT2D eigenvalue weighted by atomic mass is 10.0. The number of hydrogen-bond acceptors (Lipinski definition) is 2. The molecule has 0 aliphatic carbocycles. The van der Waals surface area contributed by atoms with E-state index in [0.29, 0.717) is 0 Å². The molecule has 0 unspecified atom stereocenters. The molecule has 4 nitrogen and oxygen atoms in total. The third-order valence-corrected chi connectivity index (χ3v) is 3.06. The number of amides is 1. The zero-order chi connectivity index (χ0) is 14.1. The number of benzene rings is 1. The molecular formula is C12H13ClFNO3. The van der Waals surface area contributed by atoms with Gasteiger partial charge in [-0.1, -0.05) is 11.6 Å². The number of carboxylic acid groups (broad SMARTS) is 1. The zero-order valence-corrected chi connectivity index (χ0v) is 11.0. The second-order valence-electron chi connectivity index (χ2n) is 4.35. The number of rotatable bonds is 3. The van der Waals surface area contributed by atoms with Crippen LogP contribution in [0.1, 0.15) is 24.2 Å². The molecule has 0 heterocycles. The summed E-state index contributed by atoms with van der Waals surface area (Å²) in [7, 11) is 1.31. The number of hydrogen-bond donors (Lipinski definition) is 1. The maximum absolute atomic E-state index is 13.6. The standard InChI is InChI=1S/C12H13ClFNO3/c1-12(2,11(17)18)15(3)10(16)8-5-4-7(13)6-9(8)14/h4-6H,1-3H3,(H,17,18). The molecule has 0 saturated carbocycles. The second kappa shape index (κ2) is 4.94. The molecule has 1 N–H and O–H groups in total. The number of carboxylic acids is 1. The molecule has 0 atom stereocenters. The summed E-state index contributed by atoms with van der Waals surface area (Å²) < 4.78 is 13.6. The van der Waals surface area contributed by atoms with Crippen molar-refractivity contribution in [2.75, 3.05) is 7.05 Å². The smallest absolute Gasteiger partial charge is 0.329 e. The van der Waals surface area contributed by atoms with Crippen LogP contribution in [-0.2, 0) is 4.79 Å².